The highest BCUT2D eigenvalue weighted by Gasteiger charge is 2.44. The molecule has 2 fully saturated rings. The van der Waals surface area contributed by atoms with Gasteiger partial charge in [-0.15, -0.1) is 0 Å². The highest BCUT2D eigenvalue weighted by Crippen LogP contribution is 2.38. The molecule has 0 radical (unpaired) electrons. The molecule has 0 N–H and O–H groups in total. The lowest BCUT2D eigenvalue weighted by molar-refractivity contribution is -0.137. The number of piperidine rings is 1. The number of amides is 2. The van der Waals surface area contributed by atoms with Gasteiger partial charge in [0.05, 0.1) is 28.7 Å². The summed E-state index contributed by atoms with van der Waals surface area (Å²) < 4.78 is 39.5. The Bertz CT molecular complexity index is 957. The maximum absolute atomic E-state index is 13.2. The van der Waals surface area contributed by atoms with Gasteiger partial charge in [0.1, 0.15) is 0 Å². The van der Waals surface area contributed by atoms with Crippen molar-refractivity contribution < 1.29 is 22.8 Å². The summed E-state index contributed by atoms with van der Waals surface area (Å²) in [5.41, 5.74) is 0.103. The molecule has 2 amide bonds. The lowest BCUT2D eigenvalue weighted by atomic mass is 9.89. The van der Waals surface area contributed by atoms with E-state index in [9.17, 15) is 22.8 Å². The zero-order chi connectivity index (χ0) is 21.5. The van der Waals surface area contributed by atoms with Crippen LogP contribution >= 0.6 is 11.6 Å². The summed E-state index contributed by atoms with van der Waals surface area (Å²) in [5, 5.41) is -0.468. The lowest BCUT2D eigenvalue weighted by Gasteiger charge is -2.35. The second-order valence-corrected chi connectivity index (χ2v) is 8.08. The molecule has 4 rings (SSSR count). The Morgan fingerprint density at radius 1 is 0.967 bits per heavy atom. The largest absolute Gasteiger partial charge is 0.417 e. The van der Waals surface area contributed by atoms with Gasteiger partial charge in [0.2, 0.25) is 5.91 Å². The number of halogens is 4. The smallest absolute Gasteiger partial charge is 0.291 e. The van der Waals surface area contributed by atoms with Crippen molar-refractivity contribution in [2.45, 2.75) is 37.4 Å². The van der Waals surface area contributed by atoms with E-state index in [4.69, 9.17) is 11.6 Å². The van der Waals surface area contributed by atoms with Gasteiger partial charge in [-0.3, -0.25) is 14.5 Å². The Morgan fingerprint density at radius 2 is 1.63 bits per heavy atom. The Morgan fingerprint density at radius 3 is 2.27 bits per heavy atom. The predicted octanol–water partition coefficient (Wildman–Crippen LogP) is 4.87. The van der Waals surface area contributed by atoms with E-state index in [0.717, 1.165) is 29.9 Å². The molecule has 4 nitrogen and oxygen atoms in total. The number of hydrogen-bond acceptors (Lipinski definition) is 3. The molecule has 0 bridgehead atoms. The van der Waals surface area contributed by atoms with Crippen molar-refractivity contribution in [1.29, 1.82) is 0 Å². The first kappa shape index (κ1) is 20.9. The molecule has 8 heteroatoms. The molecule has 0 unspecified atom stereocenters. The first-order valence-electron chi connectivity index (χ1n) is 9.78. The van der Waals surface area contributed by atoms with Gasteiger partial charge in [-0.1, -0.05) is 41.9 Å². The Kier molecular flexibility index (Phi) is 5.59. The molecule has 158 valence electrons. The molecular weight excluding hydrogens is 417 g/mol. The van der Waals surface area contributed by atoms with Gasteiger partial charge in [0.15, 0.2) is 0 Å². The van der Waals surface area contributed by atoms with Gasteiger partial charge < -0.3 is 0 Å². The maximum Gasteiger partial charge on any atom is 0.417 e. The fourth-order valence-corrected chi connectivity index (χ4v) is 4.54. The highest BCUT2D eigenvalue weighted by atomic mass is 35.5. The number of nitrogens with zero attached hydrogens (tertiary/aromatic N) is 2. The quantitative estimate of drug-likeness (QED) is 0.644. The topological polar surface area (TPSA) is 40.6 Å². The van der Waals surface area contributed by atoms with Crippen LogP contribution in [-0.2, 0) is 15.8 Å². The van der Waals surface area contributed by atoms with Crippen LogP contribution in [0.5, 0.6) is 0 Å². The molecule has 0 aliphatic carbocycles. The average Bonchev–Trinajstić information content (AvgIpc) is 3.02. The van der Waals surface area contributed by atoms with E-state index in [1.165, 1.54) is 11.6 Å². The van der Waals surface area contributed by atoms with Gasteiger partial charge in [-0.05, 0) is 55.6 Å². The Labute approximate surface area is 177 Å². The second-order valence-electron chi connectivity index (χ2n) is 7.67. The number of benzene rings is 2. The molecule has 2 aliphatic heterocycles. The molecule has 30 heavy (non-hydrogen) atoms. The molecule has 2 saturated heterocycles. The zero-order valence-corrected chi connectivity index (χ0v) is 16.8. The van der Waals surface area contributed by atoms with Crippen molar-refractivity contribution in [1.82, 2.24) is 4.90 Å². The molecule has 0 spiro atoms. The monoisotopic (exact) mass is 436 g/mol. The molecular formula is C22H20ClF3N2O2. The maximum atomic E-state index is 13.2. The number of alkyl halides is 3. The van der Waals surface area contributed by atoms with E-state index in [1.807, 2.05) is 23.1 Å². The van der Waals surface area contributed by atoms with E-state index >= 15 is 0 Å². The predicted molar refractivity (Wildman–Crippen MR) is 107 cm³/mol. The first-order chi connectivity index (χ1) is 14.3. The second kappa shape index (κ2) is 8.04. The minimum absolute atomic E-state index is 0.0290. The van der Waals surface area contributed by atoms with Crippen LogP contribution in [0, 0.1) is 0 Å². The third-order valence-corrected chi connectivity index (χ3v) is 6.21. The molecule has 2 aromatic carbocycles. The molecule has 1 atom stereocenters. The van der Waals surface area contributed by atoms with Crippen molar-refractivity contribution >= 4 is 29.1 Å². The SMILES string of the molecule is O=C1C[C@@H](N2CCC(c3ccccc3)CC2)C(=O)N1c1ccc(Cl)c(C(F)(F)F)c1. The standard InChI is InChI=1S/C22H20ClF3N2O2/c23-18-7-6-16(12-17(18)22(24,25)26)28-20(29)13-19(21(28)30)27-10-8-15(9-11-27)14-4-2-1-3-5-14/h1-7,12,15,19H,8-11,13H2/t19-/m1/s1. The van der Waals surface area contributed by atoms with Gasteiger partial charge in [-0.2, -0.15) is 13.2 Å². The summed E-state index contributed by atoms with van der Waals surface area (Å²) in [6.07, 6.45) is -2.97. The van der Waals surface area contributed by atoms with E-state index < -0.39 is 34.6 Å². The van der Waals surface area contributed by atoms with Crippen molar-refractivity contribution in [3.63, 3.8) is 0 Å². The van der Waals surface area contributed by atoms with Crippen LogP contribution < -0.4 is 4.90 Å². The summed E-state index contributed by atoms with van der Waals surface area (Å²) in [6, 6.07) is 12.6. The van der Waals surface area contributed by atoms with Crippen LogP contribution in [0.3, 0.4) is 0 Å². The highest BCUT2D eigenvalue weighted by molar-refractivity contribution is 6.31. The van der Waals surface area contributed by atoms with E-state index in [0.29, 0.717) is 19.0 Å². The number of carbonyl (C=O) groups excluding carboxylic acids is 2. The average molecular weight is 437 g/mol. The van der Waals surface area contributed by atoms with Gasteiger partial charge in [0.25, 0.3) is 5.91 Å². The van der Waals surface area contributed by atoms with Gasteiger partial charge in [-0.25, -0.2) is 4.90 Å². The number of likely N-dealkylation sites (tertiary alicyclic amines) is 1. The lowest BCUT2D eigenvalue weighted by Crippen LogP contribution is -2.45. The van der Waals surface area contributed by atoms with E-state index in [-0.39, 0.29) is 12.1 Å². The summed E-state index contributed by atoms with van der Waals surface area (Å²) in [6.45, 7) is 1.32. The van der Waals surface area contributed by atoms with Crippen LogP contribution in [0.4, 0.5) is 18.9 Å². The van der Waals surface area contributed by atoms with Crippen molar-refractivity contribution in [3.8, 4) is 0 Å². The molecule has 2 heterocycles. The summed E-state index contributed by atoms with van der Waals surface area (Å²) in [5.74, 6) is -0.574. The minimum atomic E-state index is -4.67. The summed E-state index contributed by atoms with van der Waals surface area (Å²) in [7, 11) is 0. The zero-order valence-electron chi connectivity index (χ0n) is 16.0. The summed E-state index contributed by atoms with van der Waals surface area (Å²) in [4.78, 5) is 28.3. The third-order valence-electron chi connectivity index (χ3n) is 5.88. The number of rotatable bonds is 3. The molecule has 0 saturated carbocycles. The number of imide groups is 1. The van der Waals surface area contributed by atoms with E-state index in [1.54, 1.807) is 0 Å². The Hall–Kier alpha value is -2.38. The summed E-state index contributed by atoms with van der Waals surface area (Å²) >= 11 is 5.66. The fraction of sp³-hybridized carbons (Fsp3) is 0.364. The van der Waals surface area contributed by atoms with Crippen LogP contribution in [0.15, 0.2) is 48.5 Å². The van der Waals surface area contributed by atoms with Crippen LogP contribution in [0.1, 0.15) is 36.3 Å². The fourth-order valence-electron chi connectivity index (χ4n) is 4.31. The third kappa shape index (κ3) is 3.96. The first-order valence-corrected chi connectivity index (χ1v) is 10.2. The molecule has 2 aliphatic rings. The number of anilines is 1. The van der Waals surface area contributed by atoms with Crippen LogP contribution in [0.25, 0.3) is 0 Å². The normalized spacial score (nSPS) is 21.5. The van der Waals surface area contributed by atoms with Crippen molar-refractivity contribution in [3.05, 3.63) is 64.7 Å². The van der Waals surface area contributed by atoms with Gasteiger partial charge >= 0.3 is 6.18 Å². The number of hydrogen-bond donors (Lipinski definition) is 0. The number of carbonyl (C=O) groups is 2. The van der Waals surface area contributed by atoms with Crippen molar-refractivity contribution in [2.24, 2.45) is 0 Å². The van der Waals surface area contributed by atoms with Gasteiger partial charge in [0, 0.05) is 0 Å². The van der Waals surface area contributed by atoms with Crippen molar-refractivity contribution in [2.75, 3.05) is 18.0 Å². The molecule has 0 aromatic heterocycles. The van der Waals surface area contributed by atoms with Crippen LogP contribution in [0.2, 0.25) is 5.02 Å². The Balaban J connectivity index is 1.49. The minimum Gasteiger partial charge on any atom is -0.291 e. The van der Waals surface area contributed by atoms with E-state index in [2.05, 4.69) is 12.1 Å². The van der Waals surface area contributed by atoms with Crippen LogP contribution in [-0.4, -0.2) is 35.8 Å². The molecule has 2 aromatic rings.